The highest BCUT2D eigenvalue weighted by molar-refractivity contribution is 5.90. The first-order chi connectivity index (χ1) is 10.5. The molecule has 1 aromatic carbocycles. The average molecular weight is 309 g/mol. The summed E-state index contributed by atoms with van der Waals surface area (Å²) >= 11 is 0. The molecule has 7 heteroatoms. The Morgan fingerprint density at radius 1 is 1.36 bits per heavy atom. The zero-order chi connectivity index (χ0) is 16.5. The zero-order valence-corrected chi connectivity index (χ0v) is 13.0. The van der Waals surface area contributed by atoms with Crippen molar-refractivity contribution in [2.24, 2.45) is 0 Å². The van der Waals surface area contributed by atoms with Crippen molar-refractivity contribution in [2.45, 2.75) is 33.1 Å². The van der Waals surface area contributed by atoms with Gasteiger partial charge in [0.05, 0.1) is 17.2 Å². The SMILES string of the molecule is CCCCCN(CCO)C(=O)Nc1cc([N+](=O)[O-])ccc1C. The van der Waals surface area contributed by atoms with Gasteiger partial charge < -0.3 is 15.3 Å². The standard InChI is InChI=1S/C15H23N3O4/c1-3-4-5-8-17(9-10-19)15(20)16-14-11-13(18(21)22)7-6-12(14)2/h6-7,11,19H,3-5,8-10H2,1-2H3,(H,16,20). The second kappa shape index (κ2) is 8.99. The first-order valence-electron chi connectivity index (χ1n) is 7.41. The molecule has 0 aliphatic heterocycles. The fraction of sp³-hybridized carbons (Fsp3) is 0.533. The molecule has 122 valence electrons. The summed E-state index contributed by atoms with van der Waals surface area (Å²) in [4.78, 5) is 24.1. The lowest BCUT2D eigenvalue weighted by Crippen LogP contribution is -2.37. The summed E-state index contributed by atoms with van der Waals surface area (Å²) in [7, 11) is 0. The zero-order valence-electron chi connectivity index (χ0n) is 13.0. The number of hydrogen-bond donors (Lipinski definition) is 2. The molecule has 0 radical (unpaired) electrons. The number of aryl methyl sites for hydroxylation is 1. The highest BCUT2D eigenvalue weighted by Gasteiger charge is 2.15. The normalized spacial score (nSPS) is 10.3. The number of amides is 2. The summed E-state index contributed by atoms with van der Waals surface area (Å²) in [5.74, 6) is 0. The monoisotopic (exact) mass is 309 g/mol. The summed E-state index contributed by atoms with van der Waals surface area (Å²) in [6.07, 6.45) is 2.90. The molecule has 0 unspecified atom stereocenters. The Balaban J connectivity index is 2.79. The highest BCUT2D eigenvalue weighted by atomic mass is 16.6. The third kappa shape index (κ3) is 5.33. The van der Waals surface area contributed by atoms with E-state index in [0.717, 1.165) is 24.8 Å². The van der Waals surface area contributed by atoms with Gasteiger partial charge in [-0.15, -0.1) is 0 Å². The van der Waals surface area contributed by atoms with Gasteiger partial charge in [-0.3, -0.25) is 10.1 Å². The van der Waals surface area contributed by atoms with Gasteiger partial charge in [0.2, 0.25) is 0 Å². The van der Waals surface area contributed by atoms with E-state index in [1.165, 1.54) is 17.0 Å². The van der Waals surface area contributed by atoms with Crippen LogP contribution in [0.15, 0.2) is 18.2 Å². The number of benzene rings is 1. The number of rotatable bonds is 8. The molecule has 0 saturated carbocycles. The Hall–Kier alpha value is -2.15. The molecule has 0 aliphatic rings. The number of aliphatic hydroxyl groups is 1. The van der Waals surface area contributed by atoms with E-state index in [1.807, 2.05) is 0 Å². The molecule has 22 heavy (non-hydrogen) atoms. The number of nitrogens with zero attached hydrogens (tertiary/aromatic N) is 2. The number of carbonyl (C=O) groups is 1. The molecule has 0 atom stereocenters. The van der Waals surface area contributed by atoms with E-state index in [9.17, 15) is 14.9 Å². The predicted molar refractivity (Wildman–Crippen MR) is 85.0 cm³/mol. The van der Waals surface area contributed by atoms with E-state index in [-0.39, 0.29) is 24.9 Å². The molecular weight excluding hydrogens is 286 g/mol. The largest absolute Gasteiger partial charge is 0.395 e. The number of aliphatic hydroxyl groups excluding tert-OH is 1. The van der Waals surface area contributed by atoms with Crippen LogP contribution in [0.5, 0.6) is 0 Å². The lowest BCUT2D eigenvalue weighted by atomic mass is 10.2. The fourth-order valence-electron chi connectivity index (χ4n) is 2.04. The number of urea groups is 1. The van der Waals surface area contributed by atoms with E-state index in [2.05, 4.69) is 12.2 Å². The van der Waals surface area contributed by atoms with Crippen LogP contribution in [-0.2, 0) is 0 Å². The molecule has 0 heterocycles. The Morgan fingerprint density at radius 3 is 2.68 bits per heavy atom. The number of nitro groups is 1. The van der Waals surface area contributed by atoms with Gasteiger partial charge in [-0.25, -0.2) is 4.79 Å². The maximum atomic E-state index is 12.3. The number of carbonyl (C=O) groups excluding carboxylic acids is 1. The minimum atomic E-state index is -0.498. The van der Waals surface area contributed by atoms with Crippen molar-refractivity contribution < 1.29 is 14.8 Å². The first kappa shape index (κ1) is 17.9. The average Bonchev–Trinajstić information content (AvgIpc) is 2.48. The van der Waals surface area contributed by atoms with Crippen LogP contribution in [-0.4, -0.2) is 40.7 Å². The van der Waals surface area contributed by atoms with Gasteiger partial charge >= 0.3 is 6.03 Å². The topological polar surface area (TPSA) is 95.7 Å². The Bertz CT molecular complexity index is 520. The van der Waals surface area contributed by atoms with E-state index in [1.54, 1.807) is 13.0 Å². The van der Waals surface area contributed by atoms with Crippen molar-refractivity contribution >= 4 is 17.4 Å². The van der Waals surface area contributed by atoms with Crippen LogP contribution in [0.4, 0.5) is 16.2 Å². The van der Waals surface area contributed by atoms with E-state index >= 15 is 0 Å². The summed E-state index contributed by atoms with van der Waals surface area (Å²) in [5, 5.41) is 22.6. The molecular formula is C15H23N3O4. The number of unbranched alkanes of at least 4 members (excludes halogenated alkanes) is 2. The van der Waals surface area contributed by atoms with Crippen LogP contribution in [0.3, 0.4) is 0 Å². The smallest absolute Gasteiger partial charge is 0.321 e. The second-order valence-corrected chi connectivity index (χ2v) is 5.10. The van der Waals surface area contributed by atoms with Gasteiger partial charge in [0.1, 0.15) is 0 Å². The van der Waals surface area contributed by atoms with Crippen molar-refractivity contribution in [1.29, 1.82) is 0 Å². The number of non-ortho nitro benzene ring substituents is 1. The second-order valence-electron chi connectivity index (χ2n) is 5.10. The van der Waals surface area contributed by atoms with Crippen LogP contribution >= 0.6 is 0 Å². The van der Waals surface area contributed by atoms with Crippen LogP contribution in [0.2, 0.25) is 0 Å². The lowest BCUT2D eigenvalue weighted by Gasteiger charge is -2.22. The molecule has 0 bridgehead atoms. The number of hydrogen-bond acceptors (Lipinski definition) is 4. The van der Waals surface area contributed by atoms with Gasteiger partial charge in [-0.1, -0.05) is 25.8 Å². The van der Waals surface area contributed by atoms with Crippen LogP contribution in [0.25, 0.3) is 0 Å². The highest BCUT2D eigenvalue weighted by Crippen LogP contribution is 2.22. The van der Waals surface area contributed by atoms with Crippen molar-refractivity contribution in [2.75, 3.05) is 25.0 Å². The molecule has 2 N–H and O–H groups in total. The summed E-state index contributed by atoms with van der Waals surface area (Å²) in [5.41, 5.74) is 1.09. The minimum Gasteiger partial charge on any atom is -0.395 e. The van der Waals surface area contributed by atoms with Crippen LogP contribution in [0.1, 0.15) is 31.7 Å². The maximum Gasteiger partial charge on any atom is 0.321 e. The van der Waals surface area contributed by atoms with Gasteiger partial charge in [-0.2, -0.15) is 0 Å². The van der Waals surface area contributed by atoms with E-state index < -0.39 is 4.92 Å². The van der Waals surface area contributed by atoms with Crippen molar-refractivity contribution in [3.05, 3.63) is 33.9 Å². The molecule has 0 saturated heterocycles. The molecule has 1 aromatic rings. The Kier molecular flexibility index (Phi) is 7.31. The van der Waals surface area contributed by atoms with Crippen molar-refractivity contribution in [1.82, 2.24) is 4.90 Å². The molecule has 0 aromatic heterocycles. The summed E-state index contributed by atoms with van der Waals surface area (Å²) < 4.78 is 0. The summed E-state index contributed by atoms with van der Waals surface area (Å²) in [6.45, 7) is 4.51. The third-order valence-corrected chi connectivity index (χ3v) is 3.36. The number of nitro benzene ring substituents is 1. The van der Waals surface area contributed by atoms with Gasteiger partial charge in [0, 0.05) is 25.2 Å². The molecule has 1 rings (SSSR count). The minimum absolute atomic E-state index is 0.0689. The third-order valence-electron chi connectivity index (χ3n) is 3.36. The lowest BCUT2D eigenvalue weighted by molar-refractivity contribution is -0.384. The first-order valence-corrected chi connectivity index (χ1v) is 7.41. The van der Waals surface area contributed by atoms with Gasteiger partial charge in [-0.05, 0) is 18.9 Å². The van der Waals surface area contributed by atoms with Gasteiger partial charge in [0.15, 0.2) is 0 Å². The maximum absolute atomic E-state index is 12.3. The predicted octanol–water partition coefficient (Wildman–Crippen LogP) is 2.92. The molecule has 2 amide bonds. The van der Waals surface area contributed by atoms with Crippen LogP contribution in [0, 0.1) is 17.0 Å². The Labute approximate surface area is 130 Å². The Morgan fingerprint density at radius 2 is 2.09 bits per heavy atom. The van der Waals surface area contributed by atoms with Gasteiger partial charge in [0.25, 0.3) is 5.69 Å². The molecule has 0 spiro atoms. The number of anilines is 1. The summed E-state index contributed by atoms with van der Waals surface area (Å²) in [6, 6.07) is 3.99. The quantitative estimate of drug-likeness (QED) is 0.438. The van der Waals surface area contributed by atoms with E-state index in [0.29, 0.717) is 12.2 Å². The van der Waals surface area contributed by atoms with Crippen molar-refractivity contribution in [3.63, 3.8) is 0 Å². The molecule has 7 nitrogen and oxygen atoms in total. The van der Waals surface area contributed by atoms with E-state index in [4.69, 9.17) is 5.11 Å². The fourth-order valence-corrected chi connectivity index (χ4v) is 2.04. The van der Waals surface area contributed by atoms with Crippen LogP contribution < -0.4 is 5.32 Å². The molecule has 0 aliphatic carbocycles. The van der Waals surface area contributed by atoms with Crippen molar-refractivity contribution in [3.8, 4) is 0 Å². The molecule has 0 fully saturated rings. The number of nitrogens with one attached hydrogen (secondary N) is 1.